The van der Waals surface area contributed by atoms with E-state index in [0.29, 0.717) is 5.56 Å². The molecule has 114 valence electrons. The number of benzene rings is 1. The first-order valence-electron chi connectivity index (χ1n) is 7.60. The number of ether oxygens (including phenoxy) is 1. The van der Waals surface area contributed by atoms with Crippen LogP contribution in [-0.2, 0) is 18.2 Å². The minimum Gasteiger partial charge on any atom is -0.454 e. The first kappa shape index (κ1) is 14.6. The molecule has 0 fully saturated rings. The molecule has 0 saturated carbocycles. The van der Waals surface area contributed by atoms with E-state index in [1.165, 1.54) is 16.2 Å². The van der Waals surface area contributed by atoms with E-state index < -0.39 is 5.97 Å². The molecular formula is C18H19NO3. The highest BCUT2D eigenvalue weighted by atomic mass is 16.5. The summed E-state index contributed by atoms with van der Waals surface area (Å²) in [5.41, 5.74) is 2.44. The Bertz CT molecular complexity index is 748. The standard InChI is InChI=1S/C18H19NO3/c1-19-11-10-14(12-17(19)20)18(21)22-16-9-5-3-7-13-6-2-4-8-15(13)16/h2,4,6,8,10-12,16H,3,5,7,9H2,1H3/t16-/m0/s1. The van der Waals surface area contributed by atoms with Crippen molar-refractivity contribution in [2.75, 3.05) is 0 Å². The van der Waals surface area contributed by atoms with E-state index in [-0.39, 0.29) is 11.7 Å². The van der Waals surface area contributed by atoms with Crippen LogP contribution >= 0.6 is 0 Å². The Labute approximate surface area is 129 Å². The van der Waals surface area contributed by atoms with Crippen LogP contribution in [0.4, 0.5) is 0 Å². The van der Waals surface area contributed by atoms with Gasteiger partial charge in [-0.25, -0.2) is 4.79 Å². The highest BCUT2D eigenvalue weighted by Gasteiger charge is 2.22. The second-order valence-electron chi connectivity index (χ2n) is 5.70. The van der Waals surface area contributed by atoms with Gasteiger partial charge >= 0.3 is 5.97 Å². The molecule has 1 atom stereocenters. The molecule has 1 aromatic carbocycles. The van der Waals surface area contributed by atoms with E-state index >= 15 is 0 Å². The van der Waals surface area contributed by atoms with Crippen LogP contribution in [0, 0.1) is 0 Å². The van der Waals surface area contributed by atoms with Crippen LogP contribution in [0.3, 0.4) is 0 Å². The highest BCUT2D eigenvalue weighted by molar-refractivity contribution is 5.89. The van der Waals surface area contributed by atoms with E-state index in [1.807, 2.05) is 18.2 Å². The number of fused-ring (bicyclic) bond motifs is 1. The Hall–Kier alpha value is -2.36. The van der Waals surface area contributed by atoms with Crippen LogP contribution in [0.5, 0.6) is 0 Å². The smallest absolute Gasteiger partial charge is 0.338 e. The van der Waals surface area contributed by atoms with E-state index in [1.54, 1.807) is 19.3 Å². The summed E-state index contributed by atoms with van der Waals surface area (Å²) in [4.78, 5) is 24.0. The Balaban J connectivity index is 1.84. The molecule has 3 rings (SSSR count). The quantitative estimate of drug-likeness (QED) is 0.632. The number of hydrogen-bond donors (Lipinski definition) is 0. The van der Waals surface area contributed by atoms with Crippen molar-refractivity contribution in [2.24, 2.45) is 7.05 Å². The van der Waals surface area contributed by atoms with Crippen molar-refractivity contribution < 1.29 is 9.53 Å². The number of carbonyl (C=O) groups excluding carboxylic acids is 1. The van der Waals surface area contributed by atoms with Gasteiger partial charge in [0.25, 0.3) is 5.56 Å². The number of pyridine rings is 1. The molecule has 1 heterocycles. The van der Waals surface area contributed by atoms with Gasteiger partial charge in [0.05, 0.1) is 5.56 Å². The van der Waals surface area contributed by atoms with Gasteiger partial charge < -0.3 is 9.30 Å². The second kappa shape index (κ2) is 6.18. The molecule has 0 unspecified atom stereocenters. The molecule has 22 heavy (non-hydrogen) atoms. The Kier molecular flexibility index (Phi) is 4.09. The topological polar surface area (TPSA) is 48.3 Å². The van der Waals surface area contributed by atoms with Gasteiger partial charge in [-0.15, -0.1) is 0 Å². The fourth-order valence-electron chi connectivity index (χ4n) is 2.87. The van der Waals surface area contributed by atoms with Crippen molar-refractivity contribution in [1.82, 2.24) is 4.57 Å². The van der Waals surface area contributed by atoms with Crippen molar-refractivity contribution in [3.8, 4) is 0 Å². The summed E-state index contributed by atoms with van der Waals surface area (Å²) in [7, 11) is 1.65. The molecule has 0 radical (unpaired) electrons. The summed E-state index contributed by atoms with van der Waals surface area (Å²) in [5, 5.41) is 0. The maximum atomic E-state index is 12.3. The van der Waals surface area contributed by atoms with Gasteiger partial charge in [0.15, 0.2) is 0 Å². The number of aromatic nitrogens is 1. The molecular weight excluding hydrogens is 278 g/mol. The number of aryl methyl sites for hydroxylation is 2. The summed E-state index contributed by atoms with van der Waals surface area (Å²) in [6.07, 6.45) is 5.35. The summed E-state index contributed by atoms with van der Waals surface area (Å²) < 4.78 is 7.12. The lowest BCUT2D eigenvalue weighted by Gasteiger charge is -2.18. The largest absolute Gasteiger partial charge is 0.454 e. The molecule has 0 saturated heterocycles. The van der Waals surface area contributed by atoms with Crippen LogP contribution in [0.1, 0.15) is 46.9 Å². The lowest BCUT2D eigenvalue weighted by Crippen LogP contribution is -2.19. The average Bonchev–Trinajstić information content (AvgIpc) is 2.73. The van der Waals surface area contributed by atoms with Crippen LogP contribution in [0.2, 0.25) is 0 Å². The van der Waals surface area contributed by atoms with Crippen LogP contribution in [0.25, 0.3) is 0 Å². The van der Waals surface area contributed by atoms with Crippen LogP contribution in [0.15, 0.2) is 47.4 Å². The SMILES string of the molecule is Cn1ccc(C(=O)O[C@H]2CCCCc3ccccc32)cc1=O. The lowest BCUT2D eigenvalue weighted by molar-refractivity contribution is 0.0275. The Morgan fingerprint density at radius 1 is 1.23 bits per heavy atom. The maximum Gasteiger partial charge on any atom is 0.338 e. The fourth-order valence-corrected chi connectivity index (χ4v) is 2.87. The zero-order valence-corrected chi connectivity index (χ0v) is 12.6. The average molecular weight is 297 g/mol. The zero-order valence-electron chi connectivity index (χ0n) is 12.6. The molecule has 1 aliphatic rings. The van der Waals surface area contributed by atoms with Crippen molar-refractivity contribution in [3.05, 3.63) is 69.6 Å². The van der Waals surface area contributed by atoms with Crippen LogP contribution in [-0.4, -0.2) is 10.5 Å². The molecule has 2 aromatic rings. The molecule has 0 bridgehead atoms. The summed E-state index contributed by atoms with van der Waals surface area (Å²) in [6, 6.07) is 11.1. The molecule has 4 nitrogen and oxygen atoms in total. The van der Waals surface area contributed by atoms with Crippen molar-refractivity contribution in [3.63, 3.8) is 0 Å². The lowest BCUT2D eigenvalue weighted by atomic mass is 10.0. The Morgan fingerprint density at radius 3 is 2.86 bits per heavy atom. The number of rotatable bonds is 2. The van der Waals surface area contributed by atoms with Gasteiger partial charge in [-0.3, -0.25) is 4.79 Å². The van der Waals surface area contributed by atoms with Gasteiger partial charge in [0.2, 0.25) is 0 Å². The van der Waals surface area contributed by atoms with Gasteiger partial charge in [-0.2, -0.15) is 0 Å². The molecule has 4 heteroatoms. The third-order valence-corrected chi connectivity index (χ3v) is 4.15. The minimum atomic E-state index is -0.431. The van der Waals surface area contributed by atoms with Gasteiger partial charge in [0.1, 0.15) is 6.10 Å². The normalized spacial score (nSPS) is 17.4. The predicted molar refractivity (Wildman–Crippen MR) is 83.8 cm³/mol. The molecule has 1 aromatic heterocycles. The van der Waals surface area contributed by atoms with Gasteiger partial charge in [0, 0.05) is 19.3 Å². The third kappa shape index (κ3) is 2.96. The number of esters is 1. The van der Waals surface area contributed by atoms with E-state index in [0.717, 1.165) is 31.2 Å². The van der Waals surface area contributed by atoms with Gasteiger partial charge in [-0.1, -0.05) is 24.3 Å². The predicted octanol–water partition coefficient (Wildman–Crippen LogP) is 3.01. The number of carbonyl (C=O) groups is 1. The van der Waals surface area contributed by atoms with E-state index in [4.69, 9.17) is 4.74 Å². The van der Waals surface area contributed by atoms with E-state index in [9.17, 15) is 9.59 Å². The minimum absolute atomic E-state index is 0.212. The van der Waals surface area contributed by atoms with E-state index in [2.05, 4.69) is 6.07 Å². The van der Waals surface area contributed by atoms with Crippen LogP contribution < -0.4 is 5.56 Å². The fraction of sp³-hybridized carbons (Fsp3) is 0.333. The first-order valence-corrected chi connectivity index (χ1v) is 7.60. The first-order chi connectivity index (χ1) is 10.6. The zero-order chi connectivity index (χ0) is 15.5. The third-order valence-electron chi connectivity index (χ3n) is 4.15. The summed E-state index contributed by atoms with van der Waals surface area (Å²) in [5.74, 6) is -0.431. The molecule has 0 N–H and O–H groups in total. The molecule has 0 aliphatic heterocycles. The summed E-state index contributed by atoms with van der Waals surface area (Å²) >= 11 is 0. The number of hydrogen-bond acceptors (Lipinski definition) is 3. The molecule has 0 amide bonds. The summed E-state index contributed by atoms with van der Waals surface area (Å²) in [6.45, 7) is 0. The van der Waals surface area contributed by atoms with Gasteiger partial charge in [-0.05, 0) is 42.9 Å². The maximum absolute atomic E-state index is 12.3. The second-order valence-corrected chi connectivity index (χ2v) is 5.70. The van der Waals surface area contributed by atoms with Crippen molar-refractivity contribution in [2.45, 2.75) is 31.8 Å². The Morgan fingerprint density at radius 2 is 2.05 bits per heavy atom. The monoisotopic (exact) mass is 297 g/mol. The van der Waals surface area contributed by atoms with Crippen molar-refractivity contribution >= 4 is 5.97 Å². The molecule has 0 spiro atoms. The van der Waals surface area contributed by atoms with Crippen molar-refractivity contribution in [1.29, 1.82) is 0 Å². The number of nitrogens with zero attached hydrogens (tertiary/aromatic N) is 1. The highest BCUT2D eigenvalue weighted by Crippen LogP contribution is 2.31. The molecule has 1 aliphatic carbocycles.